The van der Waals surface area contributed by atoms with Gasteiger partial charge in [-0.05, 0) is 18.9 Å². The van der Waals surface area contributed by atoms with Crippen molar-refractivity contribution in [1.82, 2.24) is 0 Å². The van der Waals surface area contributed by atoms with E-state index in [4.69, 9.17) is 16.7 Å². The van der Waals surface area contributed by atoms with Crippen LogP contribution < -0.4 is 0 Å². The number of allylic oxidation sites excluding steroid dienone is 1. The highest BCUT2D eigenvalue weighted by Gasteiger charge is 2.01. The van der Waals surface area contributed by atoms with Crippen LogP contribution in [0.15, 0.2) is 10.6 Å². The van der Waals surface area contributed by atoms with E-state index in [-0.39, 0.29) is 6.42 Å². The lowest BCUT2D eigenvalue weighted by Gasteiger charge is -1.98. The lowest BCUT2D eigenvalue weighted by molar-refractivity contribution is -0.136. The largest absolute Gasteiger partial charge is 0.481 e. The number of aliphatic carboxylic acids is 1. The van der Waals surface area contributed by atoms with Crippen LogP contribution in [0, 0.1) is 0 Å². The molecule has 58 valence electrons. The van der Waals surface area contributed by atoms with E-state index in [1.165, 1.54) is 0 Å². The third-order valence-corrected chi connectivity index (χ3v) is 1.78. The van der Waals surface area contributed by atoms with Gasteiger partial charge in [-0.25, -0.2) is 0 Å². The number of hydrogen-bond acceptors (Lipinski definition) is 1. The van der Waals surface area contributed by atoms with E-state index in [0.29, 0.717) is 11.5 Å². The minimum Gasteiger partial charge on any atom is -0.481 e. The second kappa shape index (κ2) is 4.34. The van der Waals surface area contributed by atoms with E-state index >= 15 is 0 Å². The lowest BCUT2D eigenvalue weighted by atomic mass is 10.2. The Morgan fingerprint density at radius 2 is 2.10 bits per heavy atom. The standard InChI is InChI=1S/C7H11ClO2/c1-3-6(8)5(2)4-7(9)10/h3-4H2,1-2H3,(H,9,10). The summed E-state index contributed by atoms with van der Waals surface area (Å²) in [5.41, 5.74) is 0.747. The predicted molar refractivity (Wildman–Crippen MR) is 41.1 cm³/mol. The third-order valence-electron chi connectivity index (χ3n) is 1.19. The van der Waals surface area contributed by atoms with Gasteiger partial charge in [-0.3, -0.25) is 4.79 Å². The molecule has 0 aromatic heterocycles. The highest BCUT2D eigenvalue weighted by molar-refractivity contribution is 6.30. The Kier molecular flexibility index (Phi) is 4.12. The zero-order valence-electron chi connectivity index (χ0n) is 6.15. The van der Waals surface area contributed by atoms with Crippen molar-refractivity contribution in [2.45, 2.75) is 26.7 Å². The van der Waals surface area contributed by atoms with Crippen molar-refractivity contribution in [3.8, 4) is 0 Å². The maximum atomic E-state index is 10.1. The first-order valence-electron chi connectivity index (χ1n) is 3.13. The Labute approximate surface area is 65.5 Å². The maximum Gasteiger partial charge on any atom is 0.307 e. The van der Waals surface area contributed by atoms with Crippen LogP contribution in [-0.4, -0.2) is 11.1 Å². The monoisotopic (exact) mass is 162 g/mol. The van der Waals surface area contributed by atoms with Crippen LogP contribution in [0.3, 0.4) is 0 Å². The van der Waals surface area contributed by atoms with Gasteiger partial charge < -0.3 is 5.11 Å². The molecule has 0 spiro atoms. The molecule has 0 saturated heterocycles. The molecule has 0 aromatic rings. The molecule has 0 radical (unpaired) electrons. The first-order valence-corrected chi connectivity index (χ1v) is 3.51. The highest BCUT2D eigenvalue weighted by Crippen LogP contribution is 2.15. The molecule has 0 fully saturated rings. The van der Waals surface area contributed by atoms with Gasteiger partial charge in [0, 0.05) is 5.03 Å². The van der Waals surface area contributed by atoms with Gasteiger partial charge in [0.15, 0.2) is 0 Å². The van der Waals surface area contributed by atoms with Gasteiger partial charge in [0.2, 0.25) is 0 Å². The number of carbonyl (C=O) groups is 1. The van der Waals surface area contributed by atoms with Crippen LogP contribution in [0.5, 0.6) is 0 Å². The smallest absolute Gasteiger partial charge is 0.307 e. The molecule has 0 aromatic carbocycles. The van der Waals surface area contributed by atoms with Crippen LogP contribution in [0.25, 0.3) is 0 Å². The van der Waals surface area contributed by atoms with Crippen molar-refractivity contribution in [3.63, 3.8) is 0 Å². The van der Waals surface area contributed by atoms with Gasteiger partial charge in [0.25, 0.3) is 0 Å². The minimum absolute atomic E-state index is 0.0483. The number of carboxylic acids is 1. The summed E-state index contributed by atoms with van der Waals surface area (Å²) in [5.74, 6) is -0.830. The Hall–Kier alpha value is -0.500. The summed E-state index contributed by atoms with van der Waals surface area (Å²) < 4.78 is 0. The second-order valence-electron chi connectivity index (χ2n) is 2.11. The van der Waals surface area contributed by atoms with E-state index in [1.807, 2.05) is 6.92 Å². The molecule has 0 aliphatic heterocycles. The average molecular weight is 163 g/mol. The Balaban J connectivity index is 4.04. The molecule has 10 heavy (non-hydrogen) atoms. The van der Waals surface area contributed by atoms with Gasteiger partial charge in [-0.1, -0.05) is 18.5 Å². The molecular weight excluding hydrogens is 152 g/mol. The Morgan fingerprint density at radius 3 is 2.40 bits per heavy atom. The van der Waals surface area contributed by atoms with Crippen LogP contribution in [-0.2, 0) is 4.79 Å². The first kappa shape index (κ1) is 9.50. The van der Waals surface area contributed by atoms with Gasteiger partial charge >= 0.3 is 5.97 Å². The SMILES string of the molecule is CCC(Cl)=C(C)CC(=O)O. The second-order valence-corrected chi connectivity index (χ2v) is 2.57. The molecule has 3 heteroatoms. The summed E-state index contributed by atoms with van der Waals surface area (Å²) in [5, 5.41) is 8.99. The molecule has 0 unspecified atom stereocenters. The molecule has 0 atom stereocenters. The fourth-order valence-electron chi connectivity index (χ4n) is 0.625. The number of halogens is 1. The lowest BCUT2D eigenvalue weighted by Crippen LogP contribution is -1.95. The molecule has 0 heterocycles. The molecule has 1 N–H and O–H groups in total. The van der Waals surface area contributed by atoms with Crippen molar-refractivity contribution < 1.29 is 9.90 Å². The van der Waals surface area contributed by atoms with Gasteiger partial charge in [-0.15, -0.1) is 0 Å². The summed E-state index contributed by atoms with van der Waals surface area (Å²) in [7, 11) is 0. The third kappa shape index (κ3) is 3.51. The number of hydrogen-bond donors (Lipinski definition) is 1. The van der Waals surface area contributed by atoms with E-state index in [2.05, 4.69) is 0 Å². The van der Waals surface area contributed by atoms with Crippen LogP contribution in [0.1, 0.15) is 26.7 Å². The molecule has 0 amide bonds. The maximum absolute atomic E-state index is 10.1. The Bertz CT molecular complexity index is 161. The molecular formula is C7H11ClO2. The number of carboxylic acid groups (broad SMARTS) is 1. The topological polar surface area (TPSA) is 37.3 Å². The molecule has 0 saturated carbocycles. The van der Waals surface area contributed by atoms with E-state index in [9.17, 15) is 4.79 Å². The first-order chi connectivity index (χ1) is 4.57. The van der Waals surface area contributed by atoms with Crippen LogP contribution >= 0.6 is 11.6 Å². The van der Waals surface area contributed by atoms with Gasteiger partial charge in [0.05, 0.1) is 6.42 Å². The number of rotatable bonds is 3. The van der Waals surface area contributed by atoms with E-state index in [0.717, 1.165) is 5.57 Å². The zero-order chi connectivity index (χ0) is 8.15. The van der Waals surface area contributed by atoms with Crippen molar-refractivity contribution >= 4 is 17.6 Å². The highest BCUT2D eigenvalue weighted by atomic mass is 35.5. The quantitative estimate of drug-likeness (QED) is 0.692. The molecule has 0 aliphatic carbocycles. The van der Waals surface area contributed by atoms with Crippen molar-refractivity contribution in [2.75, 3.05) is 0 Å². The summed E-state index contributed by atoms with van der Waals surface area (Å²) in [6.07, 6.45) is 0.757. The Morgan fingerprint density at radius 1 is 1.60 bits per heavy atom. The summed E-state index contributed by atoms with van der Waals surface area (Å²) in [6.45, 7) is 3.63. The van der Waals surface area contributed by atoms with Crippen molar-refractivity contribution in [2.24, 2.45) is 0 Å². The van der Waals surface area contributed by atoms with Crippen LogP contribution in [0.2, 0.25) is 0 Å². The minimum atomic E-state index is -0.830. The summed E-state index contributed by atoms with van der Waals surface area (Å²) in [6, 6.07) is 0. The van der Waals surface area contributed by atoms with Gasteiger partial charge in [-0.2, -0.15) is 0 Å². The average Bonchev–Trinajstić information content (AvgIpc) is 1.85. The molecule has 0 rings (SSSR count). The zero-order valence-corrected chi connectivity index (χ0v) is 6.90. The molecule has 0 bridgehead atoms. The summed E-state index contributed by atoms with van der Waals surface area (Å²) in [4.78, 5) is 10.1. The van der Waals surface area contributed by atoms with E-state index in [1.54, 1.807) is 6.92 Å². The molecule has 2 nitrogen and oxygen atoms in total. The fourth-order valence-corrected chi connectivity index (χ4v) is 0.691. The normalized spacial score (nSPS) is 12.7. The predicted octanol–water partition coefficient (Wildman–Crippen LogP) is 2.38. The molecule has 0 aliphatic rings. The van der Waals surface area contributed by atoms with E-state index < -0.39 is 5.97 Å². The van der Waals surface area contributed by atoms with Crippen molar-refractivity contribution in [1.29, 1.82) is 0 Å². The van der Waals surface area contributed by atoms with Crippen LogP contribution in [0.4, 0.5) is 0 Å². The van der Waals surface area contributed by atoms with Gasteiger partial charge in [0.1, 0.15) is 0 Å². The summed E-state index contributed by atoms with van der Waals surface area (Å²) >= 11 is 5.68. The fraction of sp³-hybridized carbons (Fsp3) is 0.571. The van der Waals surface area contributed by atoms with Crippen molar-refractivity contribution in [3.05, 3.63) is 10.6 Å².